The Morgan fingerprint density at radius 2 is 2.15 bits per heavy atom. The van der Waals surface area contributed by atoms with Crippen LogP contribution >= 0.6 is 0 Å². The van der Waals surface area contributed by atoms with Gasteiger partial charge in [-0.2, -0.15) is 0 Å². The number of hydrogen-bond donors (Lipinski definition) is 4. The molecule has 0 aliphatic rings. The first-order chi connectivity index (χ1) is 9.60. The van der Waals surface area contributed by atoms with E-state index < -0.39 is 5.41 Å². The summed E-state index contributed by atoms with van der Waals surface area (Å²) in [6.45, 7) is 4.28. The van der Waals surface area contributed by atoms with Gasteiger partial charge in [0, 0.05) is 6.20 Å². The number of aromatic amines is 1. The molecule has 1 amide bonds. The van der Waals surface area contributed by atoms with Gasteiger partial charge in [-0.3, -0.25) is 4.79 Å². The van der Waals surface area contributed by atoms with Crippen LogP contribution in [0.3, 0.4) is 0 Å². The molecule has 1 aromatic heterocycles. The van der Waals surface area contributed by atoms with Crippen molar-refractivity contribution in [2.45, 2.75) is 46.1 Å². The van der Waals surface area contributed by atoms with Gasteiger partial charge in [0.1, 0.15) is 5.41 Å². The molecule has 0 radical (unpaired) electrons. The number of amidine groups is 1. The normalized spacial score (nSPS) is 12.4. The van der Waals surface area contributed by atoms with E-state index in [0.717, 1.165) is 18.5 Å². The predicted molar refractivity (Wildman–Crippen MR) is 76.1 cm³/mol. The van der Waals surface area contributed by atoms with E-state index in [1.807, 2.05) is 13.8 Å². The molecule has 0 unspecified atom stereocenters. The number of H-pyrrole nitrogens is 1. The van der Waals surface area contributed by atoms with E-state index in [9.17, 15) is 4.79 Å². The second kappa shape index (κ2) is 7.52. The van der Waals surface area contributed by atoms with Crippen LogP contribution < -0.4 is 11.1 Å². The van der Waals surface area contributed by atoms with Crippen LogP contribution in [0.5, 0.6) is 0 Å². The maximum atomic E-state index is 12.5. The minimum atomic E-state index is -0.946. The molecule has 20 heavy (non-hydrogen) atoms. The SMILES string of the molecule is CCCC(CCC)(C(=O)NCc1cnc[nH]1)C(N)=NO. The van der Waals surface area contributed by atoms with Crippen LogP contribution in [0.4, 0.5) is 0 Å². The highest BCUT2D eigenvalue weighted by Crippen LogP contribution is 2.30. The zero-order valence-corrected chi connectivity index (χ0v) is 12.0. The van der Waals surface area contributed by atoms with Crippen molar-refractivity contribution < 1.29 is 10.0 Å². The lowest BCUT2D eigenvalue weighted by molar-refractivity contribution is -0.128. The largest absolute Gasteiger partial charge is 0.409 e. The molecule has 112 valence electrons. The van der Waals surface area contributed by atoms with Gasteiger partial charge >= 0.3 is 0 Å². The lowest BCUT2D eigenvalue weighted by atomic mass is 9.77. The maximum Gasteiger partial charge on any atom is 0.234 e. The van der Waals surface area contributed by atoms with Crippen molar-refractivity contribution >= 4 is 11.7 Å². The van der Waals surface area contributed by atoms with Gasteiger partial charge in [-0.05, 0) is 12.8 Å². The summed E-state index contributed by atoms with van der Waals surface area (Å²) in [4.78, 5) is 19.3. The molecule has 1 heterocycles. The molecular formula is C13H23N5O2. The summed E-state index contributed by atoms with van der Waals surface area (Å²) in [5, 5.41) is 14.9. The van der Waals surface area contributed by atoms with Gasteiger partial charge in [0.05, 0.1) is 18.6 Å². The number of carbonyl (C=O) groups excluding carboxylic acids is 1. The Morgan fingerprint density at radius 1 is 1.50 bits per heavy atom. The van der Waals surface area contributed by atoms with Crippen molar-refractivity contribution in [2.75, 3.05) is 0 Å². The number of hydrogen-bond acceptors (Lipinski definition) is 4. The number of nitrogens with one attached hydrogen (secondary N) is 2. The highest BCUT2D eigenvalue weighted by Gasteiger charge is 2.41. The molecule has 1 rings (SSSR count). The first kappa shape index (κ1) is 16.0. The fourth-order valence-corrected chi connectivity index (χ4v) is 2.40. The van der Waals surface area contributed by atoms with E-state index in [1.165, 1.54) is 0 Å². The standard InChI is InChI=1S/C13H23N5O2/c1-3-5-13(6-4-2,11(14)18-20)12(19)16-8-10-7-15-9-17-10/h7,9,20H,3-6,8H2,1-2H3,(H2,14,18)(H,15,17)(H,16,19). The Morgan fingerprint density at radius 3 is 2.60 bits per heavy atom. The monoisotopic (exact) mass is 281 g/mol. The molecule has 0 aliphatic carbocycles. The molecule has 5 N–H and O–H groups in total. The van der Waals surface area contributed by atoms with Crippen LogP contribution in [-0.4, -0.2) is 26.9 Å². The lowest BCUT2D eigenvalue weighted by Crippen LogP contribution is -2.49. The zero-order valence-electron chi connectivity index (χ0n) is 12.0. The first-order valence-electron chi connectivity index (χ1n) is 6.84. The van der Waals surface area contributed by atoms with Gasteiger partial charge in [-0.1, -0.05) is 31.8 Å². The summed E-state index contributed by atoms with van der Waals surface area (Å²) in [6, 6.07) is 0. The molecule has 0 aromatic carbocycles. The zero-order chi connectivity index (χ0) is 15.0. The Balaban J connectivity index is 2.87. The third kappa shape index (κ3) is 3.49. The summed E-state index contributed by atoms with van der Waals surface area (Å²) in [6.07, 6.45) is 5.83. The van der Waals surface area contributed by atoms with Crippen LogP contribution in [-0.2, 0) is 11.3 Å². The highest BCUT2D eigenvalue weighted by atomic mass is 16.4. The number of rotatable bonds is 8. The average molecular weight is 281 g/mol. The van der Waals surface area contributed by atoms with Gasteiger partial charge in [0.15, 0.2) is 5.84 Å². The maximum absolute atomic E-state index is 12.5. The Hall–Kier alpha value is -2.05. The fraction of sp³-hybridized carbons (Fsp3) is 0.615. The second-order valence-electron chi connectivity index (χ2n) is 4.83. The minimum Gasteiger partial charge on any atom is -0.409 e. The molecule has 1 aromatic rings. The summed E-state index contributed by atoms with van der Waals surface area (Å²) in [5.41, 5.74) is 5.65. The molecule has 0 spiro atoms. The van der Waals surface area contributed by atoms with Gasteiger partial charge < -0.3 is 21.2 Å². The third-order valence-electron chi connectivity index (χ3n) is 3.38. The smallest absolute Gasteiger partial charge is 0.234 e. The molecule has 0 saturated heterocycles. The van der Waals surface area contributed by atoms with E-state index in [2.05, 4.69) is 20.4 Å². The number of oxime groups is 1. The fourth-order valence-electron chi connectivity index (χ4n) is 2.40. The van der Waals surface area contributed by atoms with Crippen LogP contribution in [0.25, 0.3) is 0 Å². The second-order valence-corrected chi connectivity index (χ2v) is 4.83. The first-order valence-corrected chi connectivity index (χ1v) is 6.84. The lowest BCUT2D eigenvalue weighted by Gasteiger charge is -2.30. The van der Waals surface area contributed by atoms with Crippen molar-refractivity contribution in [1.82, 2.24) is 15.3 Å². The molecule has 0 saturated carbocycles. The summed E-state index contributed by atoms with van der Waals surface area (Å²) in [7, 11) is 0. The summed E-state index contributed by atoms with van der Waals surface area (Å²) < 4.78 is 0. The molecule has 7 nitrogen and oxygen atoms in total. The average Bonchev–Trinajstić information content (AvgIpc) is 2.96. The van der Waals surface area contributed by atoms with Crippen molar-refractivity contribution in [3.63, 3.8) is 0 Å². The van der Waals surface area contributed by atoms with Gasteiger partial charge in [0.2, 0.25) is 5.91 Å². The number of imidazole rings is 1. The van der Waals surface area contributed by atoms with E-state index in [-0.39, 0.29) is 11.7 Å². The molecule has 0 bridgehead atoms. The molecular weight excluding hydrogens is 258 g/mol. The van der Waals surface area contributed by atoms with Crippen molar-refractivity contribution in [3.05, 3.63) is 18.2 Å². The quantitative estimate of drug-likeness (QED) is 0.249. The van der Waals surface area contributed by atoms with Crippen LogP contribution in [0, 0.1) is 5.41 Å². The number of nitrogens with zero attached hydrogens (tertiary/aromatic N) is 2. The van der Waals surface area contributed by atoms with Gasteiger partial charge in [-0.25, -0.2) is 4.98 Å². The Labute approximate surface area is 118 Å². The van der Waals surface area contributed by atoms with Crippen LogP contribution in [0.1, 0.15) is 45.2 Å². The number of aromatic nitrogens is 2. The van der Waals surface area contributed by atoms with E-state index in [1.54, 1.807) is 12.5 Å². The van der Waals surface area contributed by atoms with E-state index >= 15 is 0 Å². The summed E-state index contributed by atoms with van der Waals surface area (Å²) in [5.74, 6) is -0.241. The van der Waals surface area contributed by atoms with E-state index in [0.29, 0.717) is 19.4 Å². The molecule has 7 heteroatoms. The molecule has 0 fully saturated rings. The Bertz CT molecular complexity index is 436. The third-order valence-corrected chi connectivity index (χ3v) is 3.38. The Kier molecular flexibility index (Phi) is 6.02. The minimum absolute atomic E-state index is 0.0247. The summed E-state index contributed by atoms with van der Waals surface area (Å²) >= 11 is 0. The number of carbonyl (C=O) groups is 1. The number of nitrogens with two attached hydrogens (primary N) is 1. The van der Waals surface area contributed by atoms with Crippen molar-refractivity contribution in [3.8, 4) is 0 Å². The number of amides is 1. The van der Waals surface area contributed by atoms with Crippen molar-refractivity contribution in [2.24, 2.45) is 16.3 Å². The topological polar surface area (TPSA) is 116 Å². The van der Waals surface area contributed by atoms with Gasteiger partial charge in [-0.15, -0.1) is 0 Å². The molecule has 0 atom stereocenters. The van der Waals surface area contributed by atoms with Crippen molar-refractivity contribution in [1.29, 1.82) is 0 Å². The van der Waals surface area contributed by atoms with Gasteiger partial charge in [0.25, 0.3) is 0 Å². The van der Waals surface area contributed by atoms with E-state index in [4.69, 9.17) is 10.9 Å². The van der Waals surface area contributed by atoms with Crippen LogP contribution in [0.2, 0.25) is 0 Å². The predicted octanol–water partition coefficient (Wildman–Crippen LogP) is 1.36. The highest BCUT2D eigenvalue weighted by molar-refractivity contribution is 6.06. The van der Waals surface area contributed by atoms with Crippen LogP contribution in [0.15, 0.2) is 17.7 Å². The molecule has 0 aliphatic heterocycles.